The van der Waals surface area contributed by atoms with Crippen LogP contribution < -0.4 is 5.73 Å². The van der Waals surface area contributed by atoms with Crippen molar-refractivity contribution in [1.29, 1.82) is 0 Å². The molecule has 1 amide bonds. The van der Waals surface area contributed by atoms with Gasteiger partial charge in [0.05, 0.1) is 6.10 Å². The van der Waals surface area contributed by atoms with Crippen molar-refractivity contribution in [3.63, 3.8) is 0 Å². The molecule has 0 saturated carbocycles. The van der Waals surface area contributed by atoms with Crippen molar-refractivity contribution in [1.82, 2.24) is 4.90 Å². The number of ether oxygens (including phenoxy) is 1. The van der Waals surface area contributed by atoms with E-state index in [-0.39, 0.29) is 42.5 Å². The highest BCUT2D eigenvalue weighted by Gasteiger charge is 2.46. The first-order valence-electron chi connectivity index (χ1n) is 7.98. The molecule has 6 heteroatoms. The number of nitrogens with zero attached hydrogens (tertiary/aromatic N) is 1. The molecule has 3 N–H and O–H groups in total. The second-order valence-electron chi connectivity index (χ2n) is 6.63. The Morgan fingerprint density at radius 2 is 1.81 bits per heavy atom. The average molecular weight is 296 g/mol. The fraction of sp³-hybridized carbons (Fsp3) is 0.867. The van der Waals surface area contributed by atoms with Crippen molar-refractivity contribution < 1.29 is 19.4 Å². The molecule has 21 heavy (non-hydrogen) atoms. The van der Waals surface area contributed by atoms with Crippen molar-refractivity contribution in [3.05, 3.63) is 0 Å². The summed E-state index contributed by atoms with van der Waals surface area (Å²) in [5.74, 6) is -0.415. The molecule has 0 aromatic heterocycles. The fourth-order valence-electron chi connectivity index (χ4n) is 4.29. The van der Waals surface area contributed by atoms with E-state index in [1.54, 1.807) is 0 Å². The summed E-state index contributed by atoms with van der Waals surface area (Å²) < 4.78 is 5.73. The van der Waals surface area contributed by atoms with Crippen LogP contribution in [0.4, 0.5) is 0 Å². The first kappa shape index (κ1) is 14.8. The predicted molar refractivity (Wildman–Crippen MR) is 75.6 cm³/mol. The predicted octanol–water partition coefficient (Wildman–Crippen LogP) is 0.737. The van der Waals surface area contributed by atoms with E-state index in [1.165, 1.54) is 0 Å². The lowest BCUT2D eigenvalue weighted by Gasteiger charge is -2.39. The summed E-state index contributed by atoms with van der Waals surface area (Å²) >= 11 is 0. The Labute approximate surface area is 124 Å². The molecule has 2 bridgehead atoms. The van der Waals surface area contributed by atoms with E-state index in [1.807, 2.05) is 4.90 Å². The molecule has 3 aliphatic rings. The summed E-state index contributed by atoms with van der Waals surface area (Å²) in [6, 6.07) is 0.419. The summed E-state index contributed by atoms with van der Waals surface area (Å²) in [5, 5.41) is 8.95. The molecule has 3 saturated heterocycles. The number of aliphatic carboxylic acids is 1. The van der Waals surface area contributed by atoms with E-state index in [0.717, 1.165) is 38.5 Å². The SMILES string of the molecule is NCC1CCC(C(=O)N2C3CCC2CC(CC(=O)O)C3)O1. The maximum atomic E-state index is 12.7. The highest BCUT2D eigenvalue weighted by Crippen LogP contribution is 2.41. The Morgan fingerprint density at radius 1 is 1.14 bits per heavy atom. The lowest BCUT2D eigenvalue weighted by molar-refractivity contribution is -0.148. The van der Waals surface area contributed by atoms with Gasteiger partial charge < -0.3 is 20.5 Å². The van der Waals surface area contributed by atoms with Crippen LogP contribution in [0.2, 0.25) is 0 Å². The Kier molecular flexibility index (Phi) is 4.17. The van der Waals surface area contributed by atoms with Crippen LogP contribution in [-0.2, 0) is 14.3 Å². The monoisotopic (exact) mass is 296 g/mol. The standard InChI is InChI=1S/C15H24N2O4/c16-8-12-3-4-13(21-12)15(20)17-10-1-2-11(17)6-9(5-10)7-14(18)19/h9-13H,1-8,16H2,(H,18,19). The molecule has 3 rings (SSSR count). The van der Waals surface area contributed by atoms with Crippen LogP contribution in [0.3, 0.4) is 0 Å². The molecule has 118 valence electrons. The lowest BCUT2D eigenvalue weighted by Crippen LogP contribution is -2.50. The highest BCUT2D eigenvalue weighted by atomic mass is 16.5. The second-order valence-corrected chi connectivity index (χ2v) is 6.63. The molecule has 0 radical (unpaired) electrons. The summed E-state index contributed by atoms with van der Waals surface area (Å²) in [4.78, 5) is 25.6. The van der Waals surface area contributed by atoms with Gasteiger partial charge in [0.2, 0.25) is 0 Å². The van der Waals surface area contributed by atoms with Crippen LogP contribution in [0.5, 0.6) is 0 Å². The van der Waals surface area contributed by atoms with Gasteiger partial charge in [-0.25, -0.2) is 0 Å². The van der Waals surface area contributed by atoms with Gasteiger partial charge in [-0.1, -0.05) is 0 Å². The van der Waals surface area contributed by atoms with Crippen LogP contribution in [0.25, 0.3) is 0 Å². The third-order valence-electron chi connectivity index (χ3n) is 5.19. The summed E-state index contributed by atoms with van der Waals surface area (Å²) in [6.07, 6.45) is 5.16. The van der Waals surface area contributed by atoms with E-state index in [0.29, 0.717) is 6.54 Å². The number of piperidine rings is 1. The van der Waals surface area contributed by atoms with Crippen molar-refractivity contribution in [2.45, 2.75) is 69.2 Å². The molecular weight excluding hydrogens is 272 g/mol. The van der Waals surface area contributed by atoms with Gasteiger partial charge in [0.1, 0.15) is 6.10 Å². The van der Waals surface area contributed by atoms with Gasteiger partial charge in [0.25, 0.3) is 5.91 Å². The first-order chi connectivity index (χ1) is 10.1. The fourth-order valence-corrected chi connectivity index (χ4v) is 4.29. The number of nitrogens with two attached hydrogens (primary N) is 1. The number of amides is 1. The molecule has 0 aromatic carbocycles. The van der Waals surface area contributed by atoms with Gasteiger partial charge in [-0.05, 0) is 44.4 Å². The minimum Gasteiger partial charge on any atom is -0.481 e. The molecule has 0 aliphatic carbocycles. The Bertz CT molecular complexity index is 414. The summed E-state index contributed by atoms with van der Waals surface area (Å²) in [6.45, 7) is 0.470. The van der Waals surface area contributed by atoms with Gasteiger partial charge in [-0.2, -0.15) is 0 Å². The van der Waals surface area contributed by atoms with Crippen molar-refractivity contribution in [3.8, 4) is 0 Å². The van der Waals surface area contributed by atoms with Crippen LogP contribution in [0, 0.1) is 5.92 Å². The molecule has 3 fully saturated rings. The number of carboxylic acids is 1. The van der Waals surface area contributed by atoms with Crippen LogP contribution in [0.1, 0.15) is 44.9 Å². The molecule has 4 atom stereocenters. The zero-order valence-electron chi connectivity index (χ0n) is 12.2. The van der Waals surface area contributed by atoms with Crippen molar-refractivity contribution >= 4 is 11.9 Å². The summed E-state index contributed by atoms with van der Waals surface area (Å²) in [7, 11) is 0. The number of fused-ring (bicyclic) bond motifs is 2. The maximum absolute atomic E-state index is 12.7. The van der Waals surface area contributed by atoms with Crippen molar-refractivity contribution in [2.75, 3.05) is 6.54 Å². The average Bonchev–Trinajstić information content (AvgIpc) is 3.01. The molecule has 3 aliphatic heterocycles. The zero-order chi connectivity index (χ0) is 15.0. The number of rotatable bonds is 4. The normalized spacial score (nSPS) is 38.7. The van der Waals surface area contributed by atoms with E-state index >= 15 is 0 Å². The zero-order valence-corrected chi connectivity index (χ0v) is 12.2. The molecule has 6 nitrogen and oxygen atoms in total. The minimum absolute atomic E-state index is 0.0150. The Hall–Kier alpha value is -1.14. The number of hydrogen-bond donors (Lipinski definition) is 2. The van der Waals surface area contributed by atoms with Gasteiger partial charge in [0, 0.05) is 25.0 Å². The number of carboxylic acid groups (broad SMARTS) is 1. The Morgan fingerprint density at radius 3 is 2.33 bits per heavy atom. The lowest BCUT2D eigenvalue weighted by atomic mass is 9.88. The second kappa shape index (κ2) is 5.93. The van der Waals surface area contributed by atoms with Crippen LogP contribution in [0.15, 0.2) is 0 Å². The van der Waals surface area contributed by atoms with E-state index in [9.17, 15) is 9.59 Å². The maximum Gasteiger partial charge on any atom is 0.303 e. The number of carbonyl (C=O) groups excluding carboxylic acids is 1. The molecule has 4 unspecified atom stereocenters. The van der Waals surface area contributed by atoms with Gasteiger partial charge in [0.15, 0.2) is 0 Å². The minimum atomic E-state index is -0.732. The van der Waals surface area contributed by atoms with Crippen molar-refractivity contribution in [2.24, 2.45) is 11.7 Å². The van der Waals surface area contributed by atoms with Gasteiger partial charge in [-0.3, -0.25) is 9.59 Å². The molecule has 0 aromatic rings. The molecular formula is C15H24N2O4. The third kappa shape index (κ3) is 2.92. The first-order valence-corrected chi connectivity index (χ1v) is 7.98. The topological polar surface area (TPSA) is 92.9 Å². The number of hydrogen-bond acceptors (Lipinski definition) is 4. The van der Waals surface area contributed by atoms with Crippen LogP contribution in [-0.4, -0.2) is 52.7 Å². The highest BCUT2D eigenvalue weighted by molar-refractivity contribution is 5.82. The largest absolute Gasteiger partial charge is 0.481 e. The van der Waals surface area contributed by atoms with Crippen LogP contribution >= 0.6 is 0 Å². The quantitative estimate of drug-likeness (QED) is 0.798. The van der Waals surface area contributed by atoms with E-state index in [2.05, 4.69) is 0 Å². The van der Waals surface area contributed by atoms with E-state index in [4.69, 9.17) is 15.6 Å². The molecule has 3 heterocycles. The van der Waals surface area contributed by atoms with E-state index < -0.39 is 5.97 Å². The molecule has 0 spiro atoms. The summed E-state index contributed by atoms with van der Waals surface area (Å²) in [5.41, 5.74) is 5.60. The smallest absolute Gasteiger partial charge is 0.303 e. The van der Waals surface area contributed by atoms with Gasteiger partial charge >= 0.3 is 5.97 Å². The Balaban J connectivity index is 1.62. The third-order valence-corrected chi connectivity index (χ3v) is 5.19. The number of carbonyl (C=O) groups is 2. The van der Waals surface area contributed by atoms with Gasteiger partial charge in [-0.15, -0.1) is 0 Å².